The van der Waals surface area contributed by atoms with Crippen molar-refractivity contribution in [3.8, 4) is 5.75 Å². The maximum absolute atomic E-state index is 13.1. The lowest BCUT2D eigenvalue weighted by Crippen LogP contribution is -2.51. The molecule has 0 bridgehead atoms. The van der Waals surface area contributed by atoms with Gasteiger partial charge in [-0.05, 0) is 76.0 Å². The fraction of sp³-hybridized carbons (Fsp3) is 0.577. The summed E-state index contributed by atoms with van der Waals surface area (Å²) in [6, 6.07) is 7.59. The lowest BCUT2D eigenvalue weighted by molar-refractivity contribution is -0.151. The van der Waals surface area contributed by atoms with Gasteiger partial charge in [0.25, 0.3) is 0 Å². The zero-order valence-corrected chi connectivity index (χ0v) is 19.2. The third kappa shape index (κ3) is 4.59. The molecule has 2 saturated heterocycles. The number of fused-ring (bicyclic) bond motifs is 1. The molecule has 3 atom stereocenters. The van der Waals surface area contributed by atoms with Crippen molar-refractivity contribution >= 4 is 17.7 Å². The van der Waals surface area contributed by atoms with Crippen LogP contribution in [0.4, 0.5) is 0 Å². The van der Waals surface area contributed by atoms with E-state index in [1.807, 2.05) is 36.1 Å². The third-order valence-corrected chi connectivity index (χ3v) is 7.29. The average Bonchev–Trinajstić information content (AvgIpc) is 3.08. The van der Waals surface area contributed by atoms with Crippen molar-refractivity contribution in [1.82, 2.24) is 9.80 Å². The molecule has 2 aliphatic heterocycles. The van der Waals surface area contributed by atoms with E-state index in [1.165, 1.54) is 10.5 Å². The van der Waals surface area contributed by atoms with Crippen LogP contribution in [-0.4, -0.2) is 53.3 Å². The van der Waals surface area contributed by atoms with Crippen molar-refractivity contribution in [2.75, 3.05) is 19.7 Å². The fourth-order valence-electron chi connectivity index (χ4n) is 5.31. The van der Waals surface area contributed by atoms with Crippen LogP contribution in [0.1, 0.15) is 51.5 Å². The first-order valence-electron chi connectivity index (χ1n) is 12.0. The van der Waals surface area contributed by atoms with Crippen LogP contribution in [0.5, 0.6) is 5.75 Å². The van der Waals surface area contributed by atoms with E-state index in [-0.39, 0.29) is 29.6 Å². The smallest absolute Gasteiger partial charge is 0.245 e. The van der Waals surface area contributed by atoms with Gasteiger partial charge in [-0.3, -0.25) is 19.3 Å². The van der Waals surface area contributed by atoms with Crippen molar-refractivity contribution in [3.63, 3.8) is 0 Å². The molecule has 0 radical (unpaired) electrons. The van der Waals surface area contributed by atoms with Crippen LogP contribution in [0.3, 0.4) is 0 Å². The van der Waals surface area contributed by atoms with Gasteiger partial charge in [0.1, 0.15) is 11.8 Å². The molecule has 0 unspecified atom stereocenters. The molecule has 3 aliphatic rings. The molecule has 6 heteroatoms. The predicted molar refractivity (Wildman–Crippen MR) is 122 cm³/mol. The number of imide groups is 1. The molecule has 6 nitrogen and oxygen atoms in total. The Bertz CT molecular complexity index is 844. The highest BCUT2D eigenvalue weighted by Gasteiger charge is 2.50. The van der Waals surface area contributed by atoms with Gasteiger partial charge in [0, 0.05) is 13.1 Å². The highest BCUT2D eigenvalue weighted by molar-refractivity contribution is 6.08. The molecular weight excluding hydrogens is 404 g/mol. The summed E-state index contributed by atoms with van der Waals surface area (Å²) < 4.78 is 5.50. The zero-order valence-electron chi connectivity index (χ0n) is 19.2. The minimum absolute atomic E-state index is 0.0942. The number of benzene rings is 1. The van der Waals surface area contributed by atoms with Gasteiger partial charge in [0.2, 0.25) is 17.7 Å². The Morgan fingerprint density at radius 1 is 1.03 bits per heavy atom. The van der Waals surface area contributed by atoms with Gasteiger partial charge >= 0.3 is 0 Å². The number of amides is 3. The van der Waals surface area contributed by atoms with Gasteiger partial charge in [0.05, 0.1) is 18.4 Å². The Morgan fingerprint density at radius 2 is 1.62 bits per heavy atom. The SMILES string of the molecule is CCOc1ccc(CCC2CCN(C(=O)[C@H](C)N3C(=O)[C@H]4CC=CC[C@H]4C3=O)CC2)cc1. The van der Waals surface area contributed by atoms with Gasteiger partial charge in [0.15, 0.2) is 0 Å². The van der Waals surface area contributed by atoms with Crippen molar-refractivity contribution in [3.05, 3.63) is 42.0 Å². The molecule has 4 rings (SSSR count). The molecule has 32 heavy (non-hydrogen) atoms. The second-order valence-electron chi connectivity index (χ2n) is 9.26. The van der Waals surface area contributed by atoms with E-state index in [9.17, 15) is 14.4 Å². The van der Waals surface area contributed by atoms with Gasteiger partial charge in [-0.15, -0.1) is 0 Å². The second kappa shape index (κ2) is 9.88. The van der Waals surface area contributed by atoms with Crippen LogP contribution in [0, 0.1) is 17.8 Å². The molecule has 1 aliphatic carbocycles. The average molecular weight is 439 g/mol. The number of piperidine rings is 1. The van der Waals surface area contributed by atoms with Crippen LogP contribution in [0.25, 0.3) is 0 Å². The molecule has 2 fully saturated rings. The summed E-state index contributed by atoms with van der Waals surface area (Å²) in [5.74, 6) is 0.494. The largest absolute Gasteiger partial charge is 0.494 e. The summed E-state index contributed by atoms with van der Waals surface area (Å²) in [7, 11) is 0. The van der Waals surface area contributed by atoms with E-state index in [1.54, 1.807) is 6.92 Å². The molecule has 0 N–H and O–H groups in total. The first-order valence-corrected chi connectivity index (χ1v) is 12.0. The molecule has 3 amide bonds. The first-order chi connectivity index (χ1) is 15.5. The van der Waals surface area contributed by atoms with Crippen molar-refractivity contribution < 1.29 is 19.1 Å². The number of rotatable bonds is 7. The highest BCUT2D eigenvalue weighted by Crippen LogP contribution is 2.36. The van der Waals surface area contributed by atoms with E-state index < -0.39 is 6.04 Å². The molecule has 0 saturated carbocycles. The van der Waals surface area contributed by atoms with E-state index in [4.69, 9.17) is 4.74 Å². The summed E-state index contributed by atoms with van der Waals surface area (Å²) in [5.41, 5.74) is 1.31. The van der Waals surface area contributed by atoms with Crippen LogP contribution >= 0.6 is 0 Å². The first kappa shape index (κ1) is 22.6. The number of carbonyl (C=O) groups excluding carboxylic acids is 3. The maximum atomic E-state index is 13.1. The number of hydrogen-bond donors (Lipinski definition) is 0. The van der Waals surface area contributed by atoms with Crippen molar-refractivity contribution in [1.29, 1.82) is 0 Å². The topological polar surface area (TPSA) is 66.9 Å². The summed E-state index contributed by atoms with van der Waals surface area (Å²) >= 11 is 0. The summed E-state index contributed by atoms with van der Waals surface area (Å²) in [6.07, 6.45) is 9.21. The molecule has 1 aromatic rings. The standard InChI is InChI=1S/C26H34N2O4/c1-3-32-21-12-10-19(11-13-21)8-9-20-14-16-27(17-15-20)24(29)18(2)28-25(30)22-6-4-5-7-23(22)26(28)31/h4-5,10-13,18,20,22-23H,3,6-9,14-17H2,1-2H3/t18-,22-,23+/m0/s1. The fourth-order valence-corrected chi connectivity index (χ4v) is 5.31. The van der Waals surface area contributed by atoms with Crippen LogP contribution in [0.2, 0.25) is 0 Å². The van der Waals surface area contributed by atoms with E-state index in [0.29, 0.717) is 38.5 Å². The van der Waals surface area contributed by atoms with Crippen molar-refractivity contribution in [2.45, 2.75) is 58.4 Å². The molecule has 0 aromatic heterocycles. The lowest BCUT2D eigenvalue weighted by Gasteiger charge is -2.35. The number of ether oxygens (including phenoxy) is 1. The Balaban J connectivity index is 1.26. The number of allylic oxidation sites excluding steroid dienone is 2. The van der Waals surface area contributed by atoms with Crippen LogP contribution < -0.4 is 4.74 Å². The van der Waals surface area contributed by atoms with Gasteiger partial charge in [-0.25, -0.2) is 0 Å². The van der Waals surface area contributed by atoms with E-state index in [0.717, 1.165) is 31.4 Å². The second-order valence-corrected chi connectivity index (χ2v) is 9.26. The number of hydrogen-bond acceptors (Lipinski definition) is 4. The van der Waals surface area contributed by atoms with Gasteiger partial charge in [-0.2, -0.15) is 0 Å². The predicted octanol–water partition coefficient (Wildman–Crippen LogP) is 3.60. The Morgan fingerprint density at radius 3 is 2.19 bits per heavy atom. The molecule has 172 valence electrons. The van der Waals surface area contributed by atoms with Crippen molar-refractivity contribution in [2.24, 2.45) is 17.8 Å². The number of carbonyl (C=O) groups is 3. The van der Waals surface area contributed by atoms with Gasteiger partial charge in [-0.1, -0.05) is 24.3 Å². The number of nitrogens with zero attached hydrogens (tertiary/aromatic N) is 2. The Kier molecular flexibility index (Phi) is 6.97. The molecule has 0 spiro atoms. The van der Waals surface area contributed by atoms with Crippen LogP contribution in [-0.2, 0) is 20.8 Å². The molecule has 1 aromatic carbocycles. The van der Waals surface area contributed by atoms with E-state index in [2.05, 4.69) is 12.1 Å². The molecule has 2 heterocycles. The summed E-state index contributed by atoms with van der Waals surface area (Å²) in [5, 5.41) is 0. The minimum Gasteiger partial charge on any atom is -0.494 e. The number of likely N-dealkylation sites (tertiary alicyclic amines) is 2. The van der Waals surface area contributed by atoms with Gasteiger partial charge < -0.3 is 9.64 Å². The highest BCUT2D eigenvalue weighted by atomic mass is 16.5. The number of aryl methyl sites for hydroxylation is 1. The maximum Gasteiger partial charge on any atom is 0.245 e. The Hall–Kier alpha value is -2.63. The van der Waals surface area contributed by atoms with Crippen LogP contribution in [0.15, 0.2) is 36.4 Å². The lowest BCUT2D eigenvalue weighted by atomic mass is 9.85. The normalized spacial score (nSPS) is 24.6. The quantitative estimate of drug-likeness (QED) is 0.482. The zero-order chi connectivity index (χ0) is 22.7. The summed E-state index contributed by atoms with van der Waals surface area (Å²) in [4.78, 5) is 41.8. The third-order valence-electron chi connectivity index (χ3n) is 7.29. The van der Waals surface area contributed by atoms with E-state index >= 15 is 0 Å². The molecular formula is C26H34N2O4. The summed E-state index contributed by atoms with van der Waals surface area (Å²) in [6.45, 7) is 5.76. The Labute approximate surface area is 190 Å². The minimum atomic E-state index is -0.707. The monoisotopic (exact) mass is 438 g/mol.